The molecule has 1 aliphatic rings. The van der Waals surface area contributed by atoms with E-state index in [0.717, 1.165) is 5.56 Å². The van der Waals surface area contributed by atoms with Crippen molar-refractivity contribution in [3.63, 3.8) is 0 Å². The Kier molecular flexibility index (Phi) is 11.6. The van der Waals surface area contributed by atoms with Crippen LogP contribution in [0.1, 0.15) is 90.4 Å². The average molecular weight is 616 g/mol. The number of cyclic esters (lactones) is 1. The highest BCUT2D eigenvalue weighted by molar-refractivity contribution is 5.98. The number of amides is 1. The molecule has 0 bridgehead atoms. The van der Waals surface area contributed by atoms with Crippen molar-refractivity contribution in [3.05, 3.63) is 88.5 Å². The summed E-state index contributed by atoms with van der Waals surface area (Å²) in [5.74, 6) is -1.68. The first kappa shape index (κ1) is 33.1. The van der Waals surface area contributed by atoms with Gasteiger partial charge in [0.15, 0.2) is 0 Å². The lowest BCUT2D eigenvalue weighted by Gasteiger charge is -2.23. The molecule has 0 saturated heterocycles. The second kappa shape index (κ2) is 15.8. The van der Waals surface area contributed by atoms with Crippen LogP contribution in [0, 0.1) is 0 Å². The standard InChI is InChI=1S/C36H41NO8/c1-23-7-6-10-27(38)9-5-3-4-8-26-21-31(40)34(35(42)33(26)36(43)45-23)30(25-13-17-29(44-2)18-14-25)22-32(41)37-20-19-24-11-15-28(39)16-12-24/h4,8,11-18,21,23,30,39-40,42H,3,5-7,9-10,19-20,22H2,1-2H3,(H,37,41)/t23-,30?/m0/s1. The first-order valence-corrected chi connectivity index (χ1v) is 15.3. The van der Waals surface area contributed by atoms with Crippen molar-refractivity contribution < 1.29 is 39.2 Å². The third kappa shape index (κ3) is 9.11. The Balaban J connectivity index is 1.69. The first-order chi connectivity index (χ1) is 21.7. The molecular weight excluding hydrogens is 574 g/mol. The number of esters is 1. The number of rotatable bonds is 8. The van der Waals surface area contributed by atoms with Crippen molar-refractivity contribution in [2.24, 2.45) is 0 Å². The first-order valence-electron chi connectivity index (χ1n) is 15.3. The second-order valence-corrected chi connectivity index (χ2v) is 11.4. The van der Waals surface area contributed by atoms with Crippen molar-refractivity contribution in [3.8, 4) is 23.0 Å². The van der Waals surface area contributed by atoms with Crippen LogP contribution in [0.15, 0.2) is 60.7 Å². The molecule has 2 atom stereocenters. The van der Waals surface area contributed by atoms with Crippen LogP contribution in [0.3, 0.4) is 0 Å². The topological polar surface area (TPSA) is 142 Å². The zero-order valence-electron chi connectivity index (χ0n) is 25.8. The number of allylic oxidation sites excluding steroid dienone is 1. The zero-order chi connectivity index (χ0) is 32.3. The molecule has 0 aliphatic carbocycles. The number of hydrogen-bond donors (Lipinski definition) is 4. The van der Waals surface area contributed by atoms with Crippen molar-refractivity contribution >= 4 is 23.7 Å². The molecule has 0 aromatic heterocycles. The maximum Gasteiger partial charge on any atom is 0.342 e. The molecule has 1 unspecified atom stereocenters. The highest BCUT2D eigenvalue weighted by atomic mass is 16.5. The fourth-order valence-corrected chi connectivity index (χ4v) is 5.51. The number of fused-ring (bicyclic) bond motifs is 1. The highest BCUT2D eigenvalue weighted by Crippen LogP contribution is 2.44. The second-order valence-electron chi connectivity index (χ2n) is 11.4. The van der Waals surface area contributed by atoms with Gasteiger partial charge in [0, 0.05) is 37.3 Å². The van der Waals surface area contributed by atoms with E-state index >= 15 is 0 Å². The van der Waals surface area contributed by atoms with Crippen LogP contribution in [0.5, 0.6) is 23.0 Å². The highest BCUT2D eigenvalue weighted by Gasteiger charge is 2.31. The van der Waals surface area contributed by atoms with E-state index < -0.39 is 23.7 Å². The maximum absolute atomic E-state index is 13.5. The van der Waals surface area contributed by atoms with E-state index in [1.165, 1.54) is 13.2 Å². The van der Waals surface area contributed by atoms with Crippen LogP contribution >= 0.6 is 0 Å². The van der Waals surface area contributed by atoms with Crippen molar-refractivity contribution in [2.75, 3.05) is 13.7 Å². The minimum absolute atomic E-state index is 0.0392. The fraction of sp³-hybridized carbons (Fsp3) is 0.361. The van der Waals surface area contributed by atoms with Gasteiger partial charge in [0.05, 0.1) is 13.2 Å². The molecule has 3 aromatic rings. The van der Waals surface area contributed by atoms with Gasteiger partial charge in [-0.15, -0.1) is 0 Å². The molecule has 4 rings (SSSR count). The Morgan fingerprint density at radius 2 is 1.73 bits per heavy atom. The zero-order valence-corrected chi connectivity index (χ0v) is 25.8. The maximum atomic E-state index is 13.5. The summed E-state index contributed by atoms with van der Waals surface area (Å²) in [5, 5.41) is 35.4. The van der Waals surface area contributed by atoms with E-state index in [0.29, 0.717) is 62.8 Å². The minimum Gasteiger partial charge on any atom is -0.508 e. The third-order valence-corrected chi connectivity index (χ3v) is 7.98. The van der Waals surface area contributed by atoms with Crippen LogP contribution in [-0.2, 0) is 20.7 Å². The van der Waals surface area contributed by atoms with Crippen molar-refractivity contribution in [2.45, 2.75) is 70.3 Å². The van der Waals surface area contributed by atoms with Gasteiger partial charge in [-0.05, 0) is 86.1 Å². The summed E-state index contributed by atoms with van der Waals surface area (Å²) in [6.07, 6.45) is 6.55. The third-order valence-electron chi connectivity index (χ3n) is 7.98. The van der Waals surface area contributed by atoms with Crippen LogP contribution in [0.25, 0.3) is 6.08 Å². The van der Waals surface area contributed by atoms with Gasteiger partial charge in [-0.3, -0.25) is 9.59 Å². The normalized spacial score (nSPS) is 16.6. The van der Waals surface area contributed by atoms with Crippen LogP contribution in [-0.4, -0.2) is 52.7 Å². The van der Waals surface area contributed by atoms with Gasteiger partial charge < -0.3 is 30.1 Å². The van der Waals surface area contributed by atoms with E-state index in [2.05, 4.69) is 5.32 Å². The van der Waals surface area contributed by atoms with Crippen molar-refractivity contribution in [1.29, 1.82) is 0 Å². The number of phenols is 3. The molecule has 0 radical (unpaired) electrons. The Labute approximate surface area is 263 Å². The molecule has 9 nitrogen and oxygen atoms in total. The Bertz CT molecular complexity index is 1510. The molecule has 9 heteroatoms. The molecule has 238 valence electrons. The number of hydrogen-bond acceptors (Lipinski definition) is 8. The predicted octanol–water partition coefficient (Wildman–Crippen LogP) is 6.17. The number of carbonyl (C=O) groups excluding carboxylic acids is 3. The minimum atomic E-state index is -0.816. The van der Waals surface area contributed by atoms with Gasteiger partial charge in [0.25, 0.3) is 0 Å². The number of methoxy groups -OCH3 is 1. The summed E-state index contributed by atoms with van der Waals surface area (Å²) in [6.45, 7) is 2.08. The summed E-state index contributed by atoms with van der Waals surface area (Å²) < 4.78 is 11.0. The molecular formula is C36H41NO8. The van der Waals surface area contributed by atoms with Gasteiger partial charge in [-0.25, -0.2) is 4.79 Å². The monoisotopic (exact) mass is 615 g/mol. The lowest BCUT2D eigenvalue weighted by molar-refractivity contribution is -0.121. The molecule has 0 saturated carbocycles. The quantitative estimate of drug-likeness (QED) is 0.220. The number of carbonyl (C=O) groups is 3. The molecule has 0 fully saturated rings. The van der Waals surface area contributed by atoms with Crippen molar-refractivity contribution in [1.82, 2.24) is 5.32 Å². The Morgan fingerprint density at radius 1 is 1.02 bits per heavy atom. The summed E-state index contributed by atoms with van der Waals surface area (Å²) in [5.41, 5.74) is 1.79. The van der Waals surface area contributed by atoms with Gasteiger partial charge in [0.2, 0.25) is 5.91 Å². The number of aromatic hydroxyl groups is 3. The number of benzene rings is 3. The molecule has 4 N–H and O–H groups in total. The molecule has 1 amide bonds. The number of nitrogens with one attached hydrogen (secondary N) is 1. The lowest BCUT2D eigenvalue weighted by Crippen LogP contribution is -2.27. The van der Waals surface area contributed by atoms with Gasteiger partial charge >= 0.3 is 5.97 Å². The Morgan fingerprint density at radius 3 is 2.44 bits per heavy atom. The number of ether oxygens (including phenoxy) is 2. The summed E-state index contributed by atoms with van der Waals surface area (Å²) in [4.78, 5) is 38.9. The number of phenolic OH excluding ortho intramolecular Hbond substituents is 3. The summed E-state index contributed by atoms with van der Waals surface area (Å²) in [7, 11) is 1.54. The van der Waals surface area contributed by atoms with E-state index in [9.17, 15) is 29.7 Å². The number of Topliss-reactive ketones (excluding diaryl/α,β-unsaturated/α-hetero) is 1. The SMILES string of the molecule is COc1ccc(C(CC(=O)NCCc2ccc(O)cc2)c2c(O)cc3c(c2O)C(=O)O[C@@H](C)CCCC(=O)CCCC=C3)cc1. The van der Waals surface area contributed by atoms with Crippen LogP contribution < -0.4 is 10.1 Å². The van der Waals surface area contributed by atoms with E-state index in [4.69, 9.17) is 9.47 Å². The van der Waals surface area contributed by atoms with Gasteiger partial charge in [-0.1, -0.05) is 36.4 Å². The molecule has 45 heavy (non-hydrogen) atoms. The number of ketones is 1. The molecule has 0 spiro atoms. The summed E-state index contributed by atoms with van der Waals surface area (Å²) in [6, 6.07) is 15.1. The molecule has 3 aromatic carbocycles. The van der Waals surface area contributed by atoms with Crippen LogP contribution in [0.2, 0.25) is 0 Å². The molecule has 1 aliphatic heterocycles. The lowest BCUT2D eigenvalue weighted by atomic mass is 9.84. The largest absolute Gasteiger partial charge is 0.508 e. The van der Waals surface area contributed by atoms with Gasteiger partial charge in [-0.2, -0.15) is 0 Å². The summed E-state index contributed by atoms with van der Waals surface area (Å²) >= 11 is 0. The van der Waals surface area contributed by atoms with E-state index in [1.807, 2.05) is 0 Å². The van der Waals surface area contributed by atoms with Crippen LogP contribution in [0.4, 0.5) is 0 Å². The Hall–Kier alpha value is -4.79. The predicted molar refractivity (Wildman–Crippen MR) is 171 cm³/mol. The average Bonchev–Trinajstić information content (AvgIpc) is 3.00. The van der Waals surface area contributed by atoms with E-state index in [1.54, 1.807) is 67.6 Å². The fourth-order valence-electron chi connectivity index (χ4n) is 5.51. The van der Waals surface area contributed by atoms with E-state index in [-0.39, 0.29) is 46.3 Å². The molecule has 1 heterocycles. The smallest absolute Gasteiger partial charge is 0.342 e. The van der Waals surface area contributed by atoms with Gasteiger partial charge in [0.1, 0.15) is 34.3 Å².